The van der Waals surface area contributed by atoms with E-state index in [2.05, 4.69) is 10.1 Å². The van der Waals surface area contributed by atoms with Gasteiger partial charge in [0.1, 0.15) is 12.5 Å². The van der Waals surface area contributed by atoms with Crippen molar-refractivity contribution in [2.45, 2.75) is 51.6 Å². The maximum atomic E-state index is 12.0. The average Bonchev–Trinajstić information content (AvgIpc) is 3.12. The highest BCUT2D eigenvalue weighted by Crippen LogP contribution is 2.37. The zero-order chi connectivity index (χ0) is 14.4. The first kappa shape index (κ1) is 15.0. The van der Waals surface area contributed by atoms with E-state index in [9.17, 15) is 4.79 Å². The molecule has 0 aliphatic heterocycles. The van der Waals surface area contributed by atoms with Gasteiger partial charge in [-0.1, -0.05) is 24.9 Å². The summed E-state index contributed by atoms with van der Waals surface area (Å²) in [6, 6.07) is 0. The lowest BCUT2D eigenvalue weighted by Gasteiger charge is -2.16. The monoisotopic (exact) mass is 282 g/mol. The van der Waals surface area contributed by atoms with Crippen LogP contribution in [0.3, 0.4) is 0 Å². The number of rotatable bonds is 7. The van der Waals surface area contributed by atoms with Crippen molar-refractivity contribution in [3.8, 4) is 0 Å². The van der Waals surface area contributed by atoms with E-state index in [4.69, 9.17) is 14.0 Å². The van der Waals surface area contributed by atoms with Crippen LogP contribution in [-0.4, -0.2) is 29.8 Å². The van der Waals surface area contributed by atoms with Gasteiger partial charge in [0.2, 0.25) is 5.89 Å². The van der Waals surface area contributed by atoms with Crippen molar-refractivity contribution in [3.05, 3.63) is 11.7 Å². The number of aromatic nitrogens is 2. The van der Waals surface area contributed by atoms with Crippen molar-refractivity contribution in [3.63, 3.8) is 0 Å². The molecular formula is C14H22N2O4. The van der Waals surface area contributed by atoms with Crippen LogP contribution in [0.1, 0.15) is 56.7 Å². The summed E-state index contributed by atoms with van der Waals surface area (Å²) in [5, 5.41) is 3.88. The molecule has 0 radical (unpaired) electrons. The second-order valence-corrected chi connectivity index (χ2v) is 5.15. The second-order valence-electron chi connectivity index (χ2n) is 5.15. The summed E-state index contributed by atoms with van der Waals surface area (Å²) in [4.78, 5) is 16.3. The van der Waals surface area contributed by atoms with E-state index in [1.54, 1.807) is 0 Å². The van der Waals surface area contributed by atoms with Crippen LogP contribution in [0.25, 0.3) is 0 Å². The summed E-state index contributed by atoms with van der Waals surface area (Å²) in [7, 11) is 1.39. The molecule has 1 atom stereocenters. The van der Waals surface area contributed by atoms with Crippen LogP contribution in [0.2, 0.25) is 0 Å². The first-order valence-electron chi connectivity index (χ1n) is 7.24. The molecule has 2 rings (SSSR count). The van der Waals surface area contributed by atoms with Crippen LogP contribution in [-0.2, 0) is 20.9 Å². The Labute approximate surface area is 118 Å². The highest BCUT2D eigenvalue weighted by Gasteiger charge is 2.37. The summed E-state index contributed by atoms with van der Waals surface area (Å²) >= 11 is 0. The van der Waals surface area contributed by atoms with E-state index in [-0.39, 0.29) is 11.9 Å². The molecule has 1 aromatic heterocycles. The molecular weight excluding hydrogens is 260 g/mol. The van der Waals surface area contributed by atoms with E-state index in [0.29, 0.717) is 24.9 Å². The lowest BCUT2D eigenvalue weighted by atomic mass is 9.91. The number of esters is 1. The molecule has 1 fully saturated rings. The Bertz CT molecular complexity index is 427. The Morgan fingerprint density at radius 2 is 2.20 bits per heavy atom. The van der Waals surface area contributed by atoms with Gasteiger partial charge in [-0.05, 0) is 25.2 Å². The number of nitrogens with zero attached hydrogens (tertiary/aromatic N) is 2. The first-order valence-corrected chi connectivity index (χ1v) is 7.24. The Morgan fingerprint density at radius 1 is 1.45 bits per heavy atom. The molecule has 1 heterocycles. The molecule has 1 aliphatic carbocycles. The Kier molecular flexibility index (Phi) is 5.52. The Balaban J connectivity index is 2.06. The summed E-state index contributed by atoms with van der Waals surface area (Å²) in [6.07, 6.45) is 5.22. The van der Waals surface area contributed by atoms with E-state index in [1.165, 1.54) is 7.11 Å². The van der Waals surface area contributed by atoms with Gasteiger partial charge >= 0.3 is 5.97 Å². The molecule has 112 valence electrons. The minimum atomic E-state index is -0.435. The maximum absolute atomic E-state index is 12.0. The van der Waals surface area contributed by atoms with E-state index in [1.807, 2.05) is 6.92 Å². The number of methoxy groups -OCH3 is 1. The van der Waals surface area contributed by atoms with Crippen molar-refractivity contribution in [1.29, 1.82) is 0 Å². The molecule has 1 aliphatic rings. The number of hydrogen-bond acceptors (Lipinski definition) is 6. The predicted octanol–water partition coefficient (Wildman–Crippen LogP) is 2.44. The molecule has 0 N–H and O–H groups in total. The Morgan fingerprint density at radius 3 is 2.85 bits per heavy atom. The second kappa shape index (κ2) is 7.38. The van der Waals surface area contributed by atoms with Crippen LogP contribution < -0.4 is 0 Å². The minimum absolute atomic E-state index is 0.243. The van der Waals surface area contributed by atoms with Gasteiger partial charge in [-0.15, -0.1) is 0 Å². The third kappa shape index (κ3) is 3.56. The van der Waals surface area contributed by atoms with Gasteiger partial charge in [0.25, 0.3) is 0 Å². The van der Waals surface area contributed by atoms with Crippen LogP contribution >= 0.6 is 0 Å². The molecule has 0 spiro atoms. The summed E-state index contributed by atoms with van der Waals surface area (Å²) in [5.74, 6) is 0.364. The summed E-state index contributed by atoms with van der Waals surface area (Å²) < 4.78 is 15.5. The van der Waals surface area contributed by atoms with Gasteiger partial charge in [-0.25, -0.2) is 0 Å². The van der Waals surface area contributed by atoms with Crippen LogP contribution in [0.15, 0.2) is 4.52 Å². The molecule has 0 bridgehead atoms. The van der Waals surface area contributed by atoms with Crippen molar-refractivity contribution in [1.82, 2.24) is 10.1 Å². The fourth-order valence-corrected chi connectivity index (χ4v) is 2.67. The van der Waals surface area contributed by atoms with Gasteiger partial charge in [-0.2, -0.15) is 4.98 Å². The first-order chi connectivity index (χ1) is 9.76. The minimum Gasteiger partial charge on any atom is -0.468 e. The normalized spacial score (nSPS) is 17.3. The number of ether oxygens (including phenoxy) is 2. The SMILES string of the molecule is CCCOCc1noc(C(C(=O)OC)C2CCCC2)n1. The van der Waals surface area contributed by atoms with E-state index in [0.717, 1.165) is 32.1 Å². The van der Waals surface area contributed by atoms with Gasteiger partial charge in [0.05, 0.1) is 7.11 Å². The molecule has 1 aromatic rings. The van der Waals surface area contributed by atoms with Crippen molar-refractivity contribution >= 4 is 5.97 Å². The fourth-order valence-electron chi connectivity index (χ4n) is 2.67. The third-order valence-corrected chi connectivity index (χ3v) is 3.66. The van der Waals surface area contributed by atoms with Gasteiger partial charge in [-0.3, -0.25) is 4.79 Å². The molecule has 6 heteroatoms. The topological polar surface area (TPSA) is 74.5 Å². The van der Waals surface area contributed by atoms with Crippen molar-refractivity contribution in [2.24, 2.45) is 5.92 Å². The van der Waals surface area contributed by atoms with Gasteiger partial charge < -0.3 is 14.0 Å². The van der Waals surface area contributed by atoms with E-state index >= 15 is 0 Å². The number of hydrogen-bond donors (Lipinski definition) is 0. The molecule has 1 saturated carbocycles. The molecule has 20 heavy (non-hydrogen) atoms. The van der Waals surface area contributed by atoms with Crippen molar-refractivity contribution in [2.75, 3.05) is 13.7 Å². The van der Waals surface area contributed by atoms with Crippen LogP contribution in [0.5, 0.6) is 0 Å². The lowest BCUT2D eigenvalue weighted by molar-refractivity contribution is -0.144. The van der Waals surface area contributed by atoms with Crippen LogP contribution in [0, 0.1) is 5.92 Å². The quantitative estimate of drug-likeness (QED) is 0.565. The lowest BCUT2D eigenvalue weighted by Crippen LogP contribution is -2.22. The third-order valence-electron chi connectivity index (χ3n) is 3.66. The highest BCUT2D eigenvalue weighted by molar-refractivity contribution is 5.77. The Hall–Kier alpha value is -1.43. The van der Waals surface area contributed by atoms with Gasteiger partial charge in [0, 0.05) is 6.61 Å². The fraction of sp³-hybridized carbons (Fsp3) is 0.786. The number of carbonyl (C=O) groups is 1. The average molecular weight is 282 g/mol. The zero-order valence-electron chi connectivity index (χ0n) is 12.1. The molecule has 0 aromatic carbocycles. The largest absolute Gasteiger partial charge is 0.468 e. The zero-order valence-corrected chi connectivity index (χ0v) is 12.1. The standard InChI is InChI=1S/C14H22N2O4/c1-3-8-19-9-11-15-13(20-16-11)12(14(17)18-2)10-6-4-5-7-10/h10,12H,3-9H2,1-2H3. The van der Waals surface area contributed by atoms with Crippen LogP contribution in [0.4, 0.5) is 0 Å². The molecule has 6 nitrogen and oxygen atoms in total. The van der Waals surface area contributed by atoms with Crippen molar-refractivity contribution < 1.29 is 18.8 Å². The molecule has 0 saturated heterocycles. The molecule has 1 unspecified atom stereocenters. The predicted molar refractivity (Wildman–Crippen MR) is 71.0 cm³/mol. The highest BCUT2D eigenvalue weighted by atomic mass is 16.5. The summed E-state index contributed by atoms with van der Waals surface area (Å²) in [6.45, 7) is 3.01. The maximum Gasteiger partial charge on any atom is 0.318 e. The van der Waals surface area contributed by atoms with Gasteiger partial charge in [0.15, 0.2) is 5.82 Å². The smallest absolute Gasteiger partial charge is 0.318 e. The number of carbonyl (C=O) groups excluding carboxylic acids is 1. The molecule has 0 amide bonds. The summed E-state index contributed by atoms with van der Waals surface area (Å²) in [5.41, 5.74) is 0. The van der Waals surface area contributed by atoms with E-state index < -0.39 is 5.92 Å².